The third kappa shape index (κ3) is 4.30. The number of amides is 1. The molecule has 7 heteroatoms. The molecule has 0 spiro atoms. The molecule has 0 radical (unpaired) electrons. The number of aliphatic hydroxyl groups is 1. The summed E-state index contributed by atoms with van der Waals surface area (Å²) in [6.45, 7) is 14.3. The van der Waals surface area contributed by atoms with Gasteiger partial charge in [0.2, 0.25) is 0 Å². The fourth-order valence-corrected chi connectivity index (χ4v) is 6.13. The van der Waals surface area contributed by atoms with E-state index < -0.39 is 5.54 Å². The van der Waals surface area contributed by atoms with Crippen LogP contribution in [0.25, 0.3) is 10.9 Å². The maximum absolute atomic E-state index is 14.1. The Labute approximate surface area is 219 Å². The second-order valence-corrected chi connectivity index (χ2v) is 10.2. The normalized spacial score (nSPS) is 21.2. The largest absolute Gasteiger partial charge is 0.494 e. The Morgan fingerprint density at radius 1 is 1.19 bits per heavy atom. The van der Waals surface area contributed by atoms with Crippen molar-refractivity contribution in [2.75, 3.05) is 39.4 Å². The fourth-order valence-electron chi connectivity index (χ4n) is 6.13. The van der Waals surface area contributed by atoms with Gasteiger partial charge in [-0.2, -0.15) is 0 Å². The van der Waals surface area contributed by atoms with Crippen molar-refractivity contribution in [2.45, 2.75) is 45.2 Å². The highest BCUT2D eigenvalue weighted by Gasteiger charge is 2.57. The lowest BCUT2D eigenvalue weighted by atomic mass is 9.81. The van der Waals surface area contributed by atoms with Gasteiger partial charge in [0, 0.05) is 36.1 Å². The Morgan fingerprint density at radius 2 is 1.97 bits per heavy atom. The number of benzene rings is 2. The average molecular weight is 503 g/mol. The van der Waals surface area contributed by atoms with E-state index in [2.05, 4.69) is 71.6 Å². The first-order chi connectivity index (χ1) is 17.9. The fraction of sp³-hybridized carbons (Fsp3) is 0.433. The maximum atomic E-state index is 14.1. The van der Waals surface area contributed by atoms with Crippen LogP contribution in [-0.2, 0) is 11.2 Å². The SMILES string of the molecule is C=C1N(CCCN(CC)CCO)C(=O)[C@]2(C)Cc3c([nH]c4ccc(OCC)cc34)[C@@H](c3ccccc3)N12. The van der Waals surface area contributed by atoms with Crippen molar-refractivity contribution in [1.29, 1.82) is 0 Å². The second kappa shape index (κ2) is 10.2. The molecular weight excluding hydrogens is 464 g/mol. The third-order valence-electron chi connectivity index (χ3n) is 7.94. The topological polar surface area (TPSA) is 72.0 Å². The molecule has 1 saturated heterocycles. The number of ether oxygens (including phenoxy) is 1. The first kappa shape index (κ1) is 25.4. The number of fused-ring (bicyclic) bond motifs is 4. The van der Waals surface area contributed by atoms with E-state index in [1.165, 1.54) is 5.56 Å². The van der Waals surface area contributed by atoms with Crippen LogP contribution in [0.3, 0.4) is 0 Å². The molecule has 0 bridgehead atoms. The van der Waals surface area contributed by atoms with Crippen molar-refractivity contribution in [1.82, 2.24) is 19.7 Å². The Hall–Kier alpha value is -3.29. The standard InChI is InChI=1S/C30H38N4O3/c1-5-32(17-18-35)15-10-16-33-21(3)34-28(22-11-8-7-9-12-22)27-25(20-30(34,4)29(33)36)24-19-23(37-6-2)13-14-26(24)31-27/h7-9,11-14,19,28,31,35H,3,5-6,10,15-18,20H2,1-2,4H3/t28-,30+/m1/s1. The molecule has 1 fully saturated rings. The lowest BCUT2D eigenvalue weighted by Crippen LogP contribution is -2.52. The summed E-state index contributed by atoms with van der Waals surface area (Å²) in [6.07, 6.45) is 1.42. The summed E-state index contributed by atoms with van der Waals surface area (Å²) in [4.78, 5) is 24.1. The summed E-state index contributed by atoms with van der Waals surface area (Å²) in [5, 5.41) is 10.4. The summed E-state index contributed by atoms with van der Waals surface area (Å²) in [7, 11) is 0. The number of carbonyl (C=O) groups is 1. The summed E-state index contributed by atoms with van der Waals surface area (Å²) < 4.78 is 5.81. The number of aromatic amines is 1. The average Bonchev–Trinajstić information content (AvgIpc) is 3.34. The van der Waals surface area contributed by atoms with Gasteiger partial charge in [-0.15, -0.1) is 0 Å². The van der Waals surface area contributed by atoms with Crippen LogP contribution in [0.2, 0.25) is 0 Å². The van der Waals surface area contributed by atoms with Gasteiger partial charge in [-0.05, 0) is 62.7 Å². The van der Waals surface area contributed by atoms with Crippen molar-refractivity contribution >= 4 is 16.8 Å². The highest BCUT2D eigenvalue weighted by molar-refractivity contribution is 5.94. The molecule has 196 valence electrons. The van der Waals surface area contributed by atoms with Crippen molar-refractivity contribution < 1.29 is 14.6 Å². The van der Waals surface area contributed by atoms with Crippen LogP contribution in [0.1, 0.15) is 50.1 Å². The Kier molecular flexibility index (Phi) is 7.01. The monoisotopic (exact) mass is 502 g/mol. The lowest BCUT2D eigenvalue weighted by Gasteiger charge is -2.44. The van der Waals surface area contributed by atoms with E-state index in [4.69, 9.17) is 4.74 Å². The van der Waals surface area contributed by atoms with E-state index in [-0.39, 0.29) is 18.6 Å². The number of rotatable bonds is 10. The van der Waals surface area contributed by atoms with Crippen molar-refractivity contribution in [3.8, 4) is 5.75 Å². The van der Waals surface area contributed by atoms with Crippen LogP contribution >= 0.6 is 0 Å². The van der Waals surface area contributed by atoms with E-state index in [1.54, 1.807) is 0 Å². The van der Waals surface area contributed by atoms with Gasteiger partial charge in [0.1, 0.15) is 17.1 Å². The maximum Gasteiger partial charge on any atom is 0.254 e. The van der Waals surface area contributed by atoms with E-state index in [9.17, 15) is 9.90 Å². The number of nitrogens with one attached hydrogen (secondary N) is 1. The van der Waals surface area contributed by atoms with Crippen LogP contribution in [0, 0.1) is 0 Å². The first-order valence-electron chi connectivity index (χ1n) is 13.4. The highest BCUT2D eigenvalue weighted by Crippen LogP contribution is 2.51. The molecule has 2 atom stereocenters. The minimum absolute atomic E-state index is 0.101. The van der Waals surface area contributed by atoms with Crippen LogP contribution in [0.5, 0.6) is 5.75 Å². The summed E-state index contributed by atoms with van der Waals surface area (Å²) in [5.74, 6) is 1.70. The smallest absolute Gasteiger partial charge is 0.254 e. The molecule has 7 nitrogen and oxygen atoms in total. The van der Waals surface area contributed by atoms with Gasteiger partial charge in [-0.3, -0.25) is 9.69 Å². The molecule has 0 aliphatic carbocycles. The number of likely N-dealkylation sites (N-methyl/N-ethyl adjacent to an activating group) is 1. The molecule has 1 amide bonds. The van der Waals surface area contributed by atoms with E-state index in [1.807, 2.05) is 24.0 Å². The van der Waals surface area contributed by atoms with Gasteiger partial charge in [-0.1, -0.05) is 43.8 Å². The van der Waals surface area contributed by atoms with E-state index in [0.717, 1.165) is 53.2 Å². The molecular formula is C30H38N4O3. The number of H-pyrrole nitrogens is 1. The molecule has 2 aromatic carbocycles. The number of carbonyl (C=O) groups excluding carboxylic acids is 1. The molecule has 0 saturated carbocycles. The molecule has 3 aromatic rings. The summed E-state index contributed by atoms with van der Waals surface area (Å²) in [5.41, 5.74) is 3.73. The minimum atomic E-state index is -0.739. The molecule has 2 N–H and O–H groups in total. The zero-order valence-electron chi connectivity index (χ0n) is 22.2. The van der Waals surface area contributed by atoms with Crippen molar-refractivity contribution in [3.63, 3.8) is 0 Å². The van der Waals surface area contributed by atoms with Gasteiger partial charge in [-0.25, -0.2) is 0 Å². The van der Waals surface area contributed by atoms with Crippen LogP contribution in [0.4, 0.5) is 0 Å². The first-order valence-corrected chi connectivity index (χ1v) is 13.4. The molecule has 2 aliphatic heterocycles. The number of hydrogen-bond acceptors (Lipinski definition) is 5. The molecule has 5 rings (SSSR count). The van der Waals surface area contributed by atoms with Crippen LogP contribution in [-0.4, -0.2) is 75.6 Å². The van der Waals surface area contributed by atoms with Crippen molar-refractivity contribution in [3.05, 3.63) is 77.8 Å². The van der Waals surface area contributed by atoms with Gasteiger partial charge in [0.05, 0.1) is 19.3 Å². The number of aromatic nitrogens is 1. The number of hydrogen-bond donors (Lipinski definition) is 2. The predicted octanol–water partition coefficient (Wildman–Crippen LogP) is 4.29. The number of aliphatic hydroxyl groups excluding tert-OH is 1. The van der Waals surface area contributed by atoms with Crippen molar-refractivity contribution in [2.24, 2.45) is 0 Å². The van der Waals surface area contributed by atoms with Crippen LogP contribution < -0.4 is 4.74 Å². The molecule has 0 unspecified atom stereocenters. The Bertz CT molecular complexity index is 1290. The molecule has 2 aliphatic rings. The zero-order chi connectivity index (χ0) is 26.2. The second-order valence-electron chi connectivity index (χ2n) is 10.2. The van der Waals surface area contributed by atoms with Crippen LogP contribution in [0.15, 0.2) is 60.9 Å². The zero-order valence-corrected chi connectivity index (χ0v) is 22.2. The third-order valence-corrected chi connectivity index (χ3v) is 7.94. The summed E-state index contributed by atoms with van der Waals surface area (Å²) >= 11 is 0. The molecule has 37 heavy (non-hydrogen) atoms. The Balaban J connectivity index is 1.54. The quantitative estimate of drug-likeness (QED) is 0.433. The van der Waals surface area contributed by atoms with Gasteiger partial charge in [0.25, 0.3) is 5.91 Å². The van der Waals surface area contributed by atoms with E-state index >= 15 is 0 Å². The van der Waals surface area contributed by atoms with Gasteiger partial charge >= 0.3 is 0 Å². The number of nitrogens with zero attached hydrogens (tertiary/aromatic N) is 3. The summed E-state index contributed by atoms with van der Waals surface area (Å²) in [6, 6.07) is 16.4. The van der Waals surface area contributed by atoms with Gasteiger partial charge < -0.3 is 24.6 Å². The molecule has 3 heterocycles. The lowest BCUT2D eigenvalue weighted by molar-refractivity contribution is -0.133. The predicted molar refractivity (Wildman–Crippen MR) is 146 cm³/mol. The minimum Gasteiger partial charge on any atom is -0.494 e. The molecule has 1 aromatic heterocycles. The van der Waals surface area contributed by atoms with E-state index in [0.29, 0.717) is 26.1 Å². The highest BCUT2D eigenvalue weighted by atomic mass is 16.5. The Morgan fingerprint density at radius 3 is 2.68 bits per heavy atom. The van der Waals surface area contributed by atoms with Gasteiger partial charge in [0.15, 0.2) is 0 Å².